The number of allylic oxidation sites excluding steroid dienone is 12. The number of ether oxygens (including phenoxy) is 4. The Morgan fingerprint density at radius 2 is 1.32 bits per heavy atom. The summed E-state index contributed by atoms with van der Waals surface area (Å²) in [5.74, 6) is -7.37. The number of aliphatic hydroxyl groups excluding tert-OH is 8. The molecule has 3 heterocycles. The Labute approximate surface area is 456 Å². The van der Waals surface area contributed by atoms with Gasteiger partial charge in [0.2, 0.25) is 0 Å². The van der Waals surface area contributed by atoms with Crippen molar-refractivity contribution < 1.29 is 89.2 Å². The normalized spacial score (nSPS) is 34.9. The SMILES string of the molecule is CC1C=CC=CC=CC=CC=CC=CC=CC(O[C@H]2O[C@@H](C)[C@H](O)[C@@H](N)[C@H]2O)CC2OC(O)(CC(O)CC(O)CC(O)CC(O)CCCC(=O)CC(=O)OC1C(C)CCC(O)CC(=O)c1ccc(N)cc1)CC(O)C2C(=O)O. The number of esters is 1. The zero-order chi connectivity index (χ0) is 57.5. The summed E-state index contributed by atoms with van der Waals surface area (Å²) in [6.45, 7) is 5.27. The number of nitrogen functional groups attached to an aromatic ring is 1. The van der Waals surface area contributed by atoms with Crippen LogP contribution in [0.3, 0.4) is 0 Å². The maximum absolute atomic E-state index is 13.2. The Hall–Kier alpha value is -5.04. The molecule has 2 bridgehead atoms. The fourth-order valence-electron chi connectivity index (χ4n) is 9.84. The van der Waals surface area contributed by atoms with Crippen LogP contribution in [0.15, 0.2) is 109 Å². The van der Waals surface area contributed by atoms with Crippen molar-refractivity contribution in [3.63, 3.8) is 0 Å². The number of rotatable bonds is 10. The number of fused-ring (bicyclic) bond motifs is 2. The molecule has 4 rings (SSSR count). The van der Waals surface area contributed by atoms with Gasteiger partial charge in [0, 0.05) is 49.3 Å². The highest BCUT2D eigenvalue weighted by molar-refractivity contribution is 5.96. The van der Waals surface area contributed by atoms with Gasteiger partial charge in [0.15, 0.2) is 17.9 Å². The van der Waals surface area contributed by atoms with Gasteiger partial charge < -0.3 is 81.5 Å². The van der Waals surface area contributed by atoms with Crippen LogP contribution in [-0.2, 0) is 33.3 Å². The maximum Gasteiger partial charge on any atom is 0.313 e. The number of carboxylic acid groups (broad SMARTS) is 1. The number of benzene rings is 1. The van der Waals surface area contributed by atoms with Crippen molar-refractivity contribution in [1.29, 1.82) is 0 Å². The second kappa shape index (κ2) is 32.9. The highest BCUT2D eigenvalue weighted by atomic mass is 16.7. The molecule has 78 heavy (non-hydrogen) atoms. The maximum atomic E-state index is 13.2. The van der Waals surface area contributed by atoms with Crippen LogP contribution in [-0.4, -0.2) is 166 Å². The largest absolute Gasteiger partial charge is 0.481 e. The van der Waals surface area contributed by atoms with Crippen LogP contribution in [0, 0.1) is 17.8 Å². The number of nitrogens with two attached hydrogens (primary N) is 2. The van der Waals surface area contributed by atoms with Gasteiger partial charge in [-0.25, -0.2) is 0 Å². The molecule has 1 aromatic rings. The molecule has 20 heteroatoms. The Balaban J connectivity index is 1.52. The van der Waals surface area contributed by atoms with E-state index >= 15 is 0 Å². The van der Waals surface area contributed by atoms with Crippen molar-refractivity contribution in [2.45, 2.75) is 196 Å². The second-order valence-corrected chi connectivity index (χ2v) is 21.0. The molecular formula is C58H84N2O18. The molecule has 2 saturated heterocycles. The topological polar surface area (TPSA) is 360 Å². The van der Waals surface area contributed by atoms with Crippen molar-refractivity contribution in [3.05, 3.63) is 115 Å². The van der Waals surface area contributed by atoms with Crippen LogP contribution >= 0.6 is 0 Å². The van der Waals surface area contributed by atoms with Gasteiger partial charge in [0.1, 0.15) is 30.3 Å². The van der Waals surface area contributed by atoms with Crippen LogP contribution in [0.4, 0.5) is 5.69 Å². The van der Waals surface area contributed by atoms with Gasteiger partial charge in [0.25, 0.3) is 0 Å². The smallest absolute Gasteiger partial charge is 0.313 e. The van der Waals surface area contributed by atoms with E-state index in [9.17, 15) is 70.2 Å². The summed E-state index contributed by atoms with van der Waals surface area (Å²) in [6.07, 6.45) is 5.99. The third kappa shape index (κ3) is 22.6. The minimum absolute atomic E-state index is 0.0724. The average Bonchev–Trinajstić information content (AvgIpc) is 3.34. The van der Waals surface area contributed by atoms with Crippen molar-refractivity contribution in [3.8, 4) is 0 Å². The molecule has 3 aliphatic rings. The third-order valence-corrected chi connectivity index (χ3v) is 14.1. The van der Waals surface area contributed by atoms with E-state index in [1.165, 1.54) is 13.0 Å². The number of carboxylic acids is 1. The Bertz CT molecular complexity index is 2250. The predicted octanol–water partition coefficient (Wildman–Crippen LogP) is 3.32. The molecule has 0 spiro atoms. The summed E-state index contributed by atoms with van der Waals surface area (Å²) < 4.78 is 23.7. The van der Waals surface area contributed by atoms with Crippen molar-refractivity contribution in [2.24, 2.45) is 23.5 Å². The summed E-state index contributed by atoms with van der Waals surface area (Å²) in [7, 11) is 0. The van der Waals surface area contributed by atoms with Crippen LogP contribution in [0.25, 0.3) is 0 Å². The molecule has 434 valence electrons. The fourth-order valence-corrected chi connectivity index (χ4v) is 9.84. The molecule has 20 nitrogen and oxygen atoms in total. The lowest BCUT2D eigenvalue weighted by atomic mass is 9.82. The lowest BCUT2D eigenvalue weighted by Crippen LogP contribution is -2.61. The molecule has 0 saturated carbocycles. The molecule has 0 amide bonds. The van der Waals surface area contributed by atoms with Crippen LogP contribution in [0.2, 0.25) is 0 Å². The molecule has 2 fully saturated rings. The first-order valence-electron chi connectivity index (χ1n) is 26.9. The number of carbonyl (C=O) groups excluding carboxylic acids is 3. The summed E-state index contributed by atoms with van der Waals surface area (Å²) in [4.78, 5) is 51.5. The number of aliphatic hydroxyl groups is 9. The van der Waals surface area contributed by atoms with Crippen molar-refractivity contribution in [1.82, 2.24) is 0 Å². The first-order chi connectivity index (χ1) is 36.9. The molecule has 1 aromatic carbocycles. The number of ketones is 2. The van der Waals surface area contributed by atoms with Gasteiger partial charge in [0.05, 0.1) is 67.1 Å². The standard InChI is InChI=1S/C58H84N2O18/c1-35-17-14-12-10-8-6-4-5-7-9-11-13-15-20-46(76-57-54(71)52(60)53(70)37(3)75-57)32-49-51(56(72)73)48(68)34-58(74,78-49)33-45(66)29-44(65)28-43(64)27-40(61)18-16-19-41(62)31-50(69)77-55(35)36(2)21-26-42(63)30-47(67)38-22-24-39(59)25-23-38/h4-15,17,20,22-25,35-37,40,42-46,48-49,51-55,57,61,63-66,68,70-71,74H,16,18-19,21,26-34,59-60H2,1-3H3,(H,72,73)/t35?,36?,37-,40?,42?,43?,44?,45?,46?,48?,49?,51?,52+,53-,54+,55?,57+,58?/m0/s1. The first-order valence-corrected chi connectivity index (χ1v) is 26.9. The summed E-state index contributed by atoms with van der Waals surface area (Å²) in [5.41, 5.74) is 12.7. The molecule has 3 aliphatic heterocycles. The van der Waals surface area contributed by atoms with Crippen LogP contribution in [0.1, 0.15) is 115 Å². The fraction of sp³-hybridized carbons (Fsp3) is 0.586. The summed E-state index contributed by atoms with van der Waals surface area (Å²) >= 11 is 0. The van der Waals surface area contributed by atoms with Crippen molar-refractivity contribution in [2.75, 3.05) is 5.73 Å². The number of Topliss-reactive ketones (excluding diaryl/α,β-unsaturated/α-hetero) is 2. The van der Waals surface area contributed by atoms with E-state index in [4.69, 9.17) is 30.4 Å². The zero-order valence-electron chi connectivity index (χ0n) is 44.8. The Morgan fingerprint density at radius 3 is 1.92 bits per heavy atom. The van der Waals surface area contributed by atoms with Crippen LogP contribution in [0.5, 0.6) is 0 Å². The van der Waals surface area contributed by atoms with E-state index in [1.807, 2.05) is 19.9 Å². The lowest BCUT2D eigenvalue weighted by Gasteiger charge is -2.45. The van der Waals surface area contributed by atoms with Gasteiger partial charge in [-0.1, -0.05) is 98.9 Å². The van der Waals surface area contributed by atoms with Gasteiger partial charge in [-0.05, 0) is 82.1 Å². The first kappa shape index (κ1) is 65.5. The molecule has 0 radical (unpaired) electrons. The minimum Gasteiger partial charge on any atom is -0.481 e. The molecule has 18 atom stereocenters. The number of cyclic esters (lactones) is 1. The number of carbonyl (C=O) groups is 4. The van der Waals surface area contributed by atoms with E-state index in [0.717, 1.165) is 0 Å². The van der Waals surface area contributed by atoms with E-state index in [2.05, 4.69) is 0 Å². The highest BCUT2D eigenvalue weighted by Crippen LogP contribution is 2.38. The van der Waals surface area contributed by atoms with Gasteiger partial charge in [-0.15, -0.1) is 0 Å². The van der Waals surface area contributed by atoms with E-state index in [0.29, 0.717) is 17.7 Å². The average molecular weight is 1100 g/mol. The minimum atomic E-state index is -2.31. The van der Waals surface area contributed by atoms with E-state index in [1.54, 1.807) is 97.2 Å². The number of hydrogen-bond donors (Lipinski definition) is 12. The lowest BCUT2D eigenvalue weighted by molar-refractivity contribution is -0.308. The summed E-state index contributed by atoms with van der Waals surface area (Å²) in [5, 5.41) is 108. The van der Waals surface area contributed by atoms with Gasteiger partial charge >= 0.3 is 11.9 Å². The molecule has 0 aliphatic carbocycles. The highest BCUT2D eigenvalue weighted by Gasteiger charge is 2.51. The molecule has 13 unspecified atom stereocenters. The number of hydrogen-bond acceptors (Lipinski definition) is 19. The van der Waals surface area contributed by atoms with Gasteiger partial charge in [-0.2, -0.15) is 0 Å². The monoisotopic (exact) mass is 1100 g/mol. The number of anilines is 1. The van der Waals surface area contributed by atoms with Crippen molar-refractivity contribution >= 4 is 29.2 Å². The quantitative estimate of drug-likeness (QED) is 0.0692. The predicted molar refractivity (Wildman–Crippen MR) is 289 cm³/mol. The molecule has 14 N–H and O–H groups in total. The Morgan fingerprint density at radius 1 is 0.756 bits per heavy atom. The molecule has 0 aromatic heterocycles. The van der Waals surface area contributed by atoms with Crippen LogP contribution < -0.4 is 11.5 Å². The Kier molecular flexibility index (Phi) is 27.6. The third-order valence-electron chi connectivity index (χ3n) is 14.1. The van der Waals surface area contributed by atoms with E-state index in [-0.39, 0.29) is 69.0 Å². The van der Waals surface area contributed by atoms with E-state index < -0.39 is 141 Å². The zero-order valence-corrected chi connectivity index (χ0v) is 44.8. The van der Waals surface area contributed by atoms with Gasteiger partial charge in [-0.3, -0.25) is 19.2 Å². The number of aliphatic carboxylic acids is 1. The summed E-state index contributed by atoms with van der Waals surface area (Å²) in [6, 6.07) is 5.28. The second-order valence-electron chi connectivity index (χ2n) is 21.0. The molecular weight excluding hydrogens is 1010 g/mol.